The van der Waals surface area contributed by atoms with Gasteiger partial charge >= 0.3 is 5.69 Å². The van der Waals surface area contributed by atoms with Gasteiger partial charge in [0.25, 0.3) is 15.9 Å². The maximum Gasteiger partial charge on any atom is 0.311 e. The lowest BCUT2D eigenvalue weighted by Crippen LogP contribution is -2.39. The number of nitrogens with one attached hydrogen (secondary N) is 1. The molecule has 194 valence electrons. The molecule has 0 saturated heterocycles. The molecule has 3 aromatic rings. The lowest BCUT2D eigenvalue weighted by Gasteiger charge is -2.24. The SMILES string of the molecule is CCOc1ccc(S(=O)(=O)N(CC(=O)N/N=C\c2ccc(OC)c([N+](=O)[O-])c2)c2ccc(C)cc2)cc1. The van der Waals surface area contributed by atoms with Gasteiger partial charge in [-0.05, 0) is 62.4 Å². The molecule has 0 atom stereocenters. The summed E-state index contributed by atoms with van der Waals surface area (Å²) in [5.74, 6) is -0.108. The highest BCUT2D eigenvalue weighted by atomic mass is 32.2. The van der Waals surface area contributed by atoms with Crippen molar-refractivity contribution in [1.82, 2.24) is 5.43 Å². The van der Waals surface area contributed by atoms with Crippen LogP contribution in [0.15, 0.2) is 76.7 Å². The van der Waals surface area contributed by atoms with Crippen molar-refractivity contribution >= 4 is 33.5 Å². The van der Waals surface area contributed by atoms with Crippen molar-refractivity contribution in [1.29, 1.82) is 0 Å². The molecule has 1 N–H and O–H groups in total. The van der Waals surface area contributed by atoms with E-state index in [9.17, 15) is 23.3 Å². The normalized spacial score (nSPS) is 11.2. The second kappa shape index (κ2) is 12.0. The van der Waals surface area contributed by atoms with Crippen LogP contribution in [0, 0.1) is 17.0 Å². The summed E-state index contributed by atoms with van der Waals surface area (Å²) in [7, 11) is -2.80. The van der Waals surface area contributed by atoms with Crippen LogP contribution in [0.2, 0.25) is 0 Å². The molecular formula is C25H26N4O7S. The number of ether oxygens (including phenoxy) is 2. The maximum absolute atomic E-state index is 13.5. The summed E-state index contributed by atoms with van der Waals surface area (Å²) in [6.07, 6.45) is 1.21. The highest BCUT2D eigenvalue weighted by Crippen LogP contribution is 2.27. The van der Waals surface area contributed by atoms with E-state index >= 15 is 0 Å². The second-order valence-electron chi connectivity index (χ2n) is 7.73. The molecule has 11 nitrogen and oxygen atoms in total. The van der Waals surface area contributed by atoms with Gasteiger partial charge < -0.3 is 9.47 Å². The lowest BCUT2D eigenvalue weighted by atomic mass is 10.2. The van der Waals surface area contributed by atoms with Crippen LogP contribution in [-0.2, 0) is 14.8 Å². The van der Waals surface area contributed by atoms with Crippen LogP contribution in [0.5, 0.6) is 11.5 Å². The van der Waals surface area contributed by atoms with Crippen LogP contribution in [0.1, 0.15) is 18.1 Å². The first-order chi connectivity index (χ1) is 17.6. The summed E-state index contributed by atoms with van der Waals surface area (Å²) in [5, 5.41) is 15.0. The summed E-state index contributed by atoms with van der Waals surface area (Å²) in [5.41, 5.74) is 3.57. The van der Waals surface area contributed by atoms with Gasteiger partial charge in [0.1, 0.15) is 12.3 Å². The Balaban J connectivity index is 1.82. The molecule has 0 spiro atoms. The van der Waals surface area contributed by atoms with E-state index < -0.39 is 27.4 Å². The molecule has 0 bridgehead atoms. The van der Waals surface area contributed by atoms with Crippen LogP contribution in [0.25, 0.3) is 0 Å². The van der Waals surface area contributed by atoms with E-state index in [1.165, 1.54) is 43.7 Å². The maximum atomic E-state index is 13.5. The Kier molecular flexibility index (Phi) is 8.80. The van der Waals surface area contributed by atoms with Gasteiger partial charge in [-0.2, -0.15) is 5.10 Å². The summed E-state index contributed by atoms with van der Waals surface area (Å²) < 4.78 is 38.3. The standard InChI is InChI=1S/C25H26N4O7S/c1-4-36-21-10-12-22(13-11-21)37(33,34)28(20-8-5-18(2)6-9-20)17-25(30)27-26-16-19-7-14-24(35-3)23(15-19)29(31)32/h5-16H,4,17H2,1-3H3,(H,27,30)/b26-16-. The molecule has 0 aliphatic rings. The Morgan fingerprint density at radius 2 is 1.78 bits per heavy atom. The van der Waals surface area contributed by atoms with Crippen molar-refractivity contribution in [3.05, 3.63) is 88.0 Å². The van der Waals surface area contributed by atoms with Gasteiger partial charge in [-0.1, -0.05) is 17.7 Å². The smallest absolute Gasteiger partial charge is 0.311 e. The van der Waals surface area contributed by atoms with Crippen LogP contribution >= 0.6 is 0 Å². The number of nitro benzene ring substituents is 1. The molecule has 0 aliphatic carbocycles. The molecule has 0 aliphatic heterocycles. The molecule has 0 radical (unpaired) electrons. The largest absolute Gasteiger partial charge is 0.494 e. The topological polar surface area (TPSA) is 140 Å². The van der Waals surface area contributed by atoms with E-state index in [-0.39, 0.29) is 16.3 Å². The summed E-state index contributed by atoms with van der Waals surface area (Å²) in [6.45, 7) is 3.56. The number of methoxy groups -OCH3 is 1. The molecule has 0 unspecified atom stereocenters. The molecule has 3 rings (SSSR count). The average Bonchev–Trinajstić information content (AvgIpc) is 2.88. The first-order valence-corrected chi connectivity index (χ1v) is 12.6. The number of aryl methyl sites for hydroxylation is 1. The zero-order chi connectivity index (χ0) is 27.0. The first kappa shape index (κ1) is 27.1. The third kappa shape index (κ3) is 6.82. The quantitative estimate of drug-likeness (QED) is 0.228. The van der Waals surface area contributed by atoms with Crippen molar-refractivity contribution in [2.24, 2.45) is 5.10 Å². The molecule has 1 amide bonds. The number of sulfonamides is 1. The second-order valence-corrected chi connectivity index (χ2v) is 9.60. The third-order valence-corrected chi connectivity index (χ3v) is 6.92. The molecule has 0 saturated carbocycles. The van der Waals surface area contributed by atoms with E-state index in [2.05, 4.69) is 10.5 Å². The fourth-order valence-electron chi connectivity index (χ4n) is 3.30. The number of nitrogens with zero attached hydrogens (tertiary/aromatic N) is 3. The summed E-state index contributed by atoms with van der Waals surface area (Å²) in [4.78, 5) is 23.3. The van der Waals surface area contributed by atoms with E-state index in [1.807, 2.05) is 13.8 Å². The number of hydrogen-bond donors (Lipinski definition) is 1. The molecule has 0 aromatic heterocycles. The third-order valence-electron chi connectivity index (χ3n) is 5.13. The number of carbonyl (C=O) groups is 1. The van der Waals surface area contributed by atoms with Gasteiger partial charge in [-0.25, -0.2) is 13.8 Å². The van der Waals surface area contributed by atoms with Gasteiger partial charge in [-0.15, -0.1) is 0 Å². The molecule has 12 heteroatoms. The van der Waals surface area contributed by atoms with E-state index in [0.29, 0.717) is 23.6 Å². The fraction of sp³-hybridized carbons (Fsp3) is 0.200. The summed E-state index contributed by atoms with van der Waals surface area (Å²) >= 11 is 0. The lowest BCUT2D eigenvalue weighted by molar-refractivity contribution is -0.385. The number of amides is 1. The van der Waals surface area contributed by atoms with Crippen molar-refractivity contribution in [2.75, 3.05) is 24.6 Å². The van der Waals surface area contributed by atoms with Crippen LogP contribution in [0.4, 0.5) is 11.4 Å². The molecule has 0 heterocycles. The highest BCUT2D eigenvalue weighted by Gasteiger charge is 2.27. The van der Waals surface area contributed by atoms with Gasteiger partial charge in [-0.3, -0.25) is 19.2 Å². The van der Waals surface area contributed by atoms with Crippen LogP contribution < -0.4 is 19.2 Å². The predicted octanol–water partition coefficient (Wildman–Crippen LogP) is 3.66. The van der Waals surface area contributed by atoms with Crippen LogP contribution in [-0.4, -0.2) is 45.7 Å². The molecular weight excluding hydrogens is 500 g/mol. The number of rotatable bonds is 11. The number of anilines is 1. The molecule has 3 aromatic carbocycles. The van der Waals surface area contributed by atoms with Gasteiger partial charge in [0.05, 0.1) is 35.4 Å². The van der Waals surface area contributed by atoms with Crippen molar-refractivity contribution in [2.45, 2.75) is 18.7 Å². The first-order valence-electron chi connectivity index (χ1n) is 11.1. The zero-order valence-corrected chi connectivity index (χ0v) is 21.3. The van der Waals surface area contributed by atoms with Crippen molar-refractivity contribution in [3.63, 3.8) is 0 Å². The van der Waals surface area contributed by atoms with Crippen molar-refractivity contribution < 1.29 is 27.6 Å². The van der Waals surface area contributed by atoms with Gasteiger partial charge in [0, 0.05) is 11.6 Å². The van der Waals surface area contributed by atoms with Crippen LogP contribution in [0.3, 0.4) is 0 Å². The molecule has 37 heavy (non-hydrogen) atoms. The number of nitro groups is 1. The average molecular weight is 527 g/mol. The Hall–Kier alpha value is -4.45. The Labute approximate surface area is 214 Å². The molecule has 0 fully saturated rings. The summed E-state index contributed by atoms with van der Waals surface area (Å²) in [6, 6.07) is 16.8. The minimum Gasteiger partial charge on any atom is -0.494 e. The zero-order valence-electron chi connectivity index (χ0n) is 20.5. The number of hydrazone groups is 1. The Morgan fingerprint density at radius 3 is 2.38 bits per heavy atom. The van der Waals surface area contributed by atoms with E-state index in [0.717, 1.165) is 9.87 Å². The van der Waals surface area contributed by atoms with E-state index in [4.69, 9.17) is 9.47 Å². The van der Waals surface area contributed by atoms with Gasteiger partial charge in [0.2, 0.25) is 0 Å². The number of hydrogen-bond acceptors (Lipinski definition) is 8. The minimum absolute atomic E-state index is 0.0154. The van der Waals surface area contributed by atoms with Crippen molar-refractivity contribution in [3.8, 4) is 11.5 Å². The fourth-order valence-corrected chi connectivity index (χ4v) is 4.72. The van der Waals surface area contributed by atoms with E-state index in [1.54, 1.807) is 36.4 Å². The Bertz CT molecular complexity index is 1390. The highest BCUT2D eigenvalue weighted by molar-refractivity contribution is 7.92. The monoisotopic (exact) mass is 526 g/mol. The van der Waals surface area contributed by atoms with Gasteiger partial charge in [0.15, 0.2) is 5.75 Å². The predicted molar refractivity (Wildman–Crippen MR) is 139 cm³/mol. The number of carbonyl (C=O) groups excluding carboxylic acids is 1. The minimum atomic E-state index is -4.12. The number of benzene rings is 3. The Morgan fingerprint density at radius 1 is 1.11 bits per heavy atom.